The molecule has 1 N–H and O–H groups in total. The molecule has 8 nitrogen and oxygen atoms in total. The van der Waals surface area contributed by atoms with Crippen molar-refractivity contribution in [2.75, 3.05) is 40.6 Å². The number of benzene rings is 3. The van der Waals surface area contributed by atoms with Gasteiger partial charge in [0, 0.05) is 50.4 Å². The normalized spacial score (nSPS) is 14.1. The number of aromatic nitrogens is 1. The third-order valence-electron chi connectivity index (χ3n) is 7.13. The minimum atomic E-state index is -0.166. The lowest BCUT2D eigenvalue weighted by atomic mass is 9.99. The van der Waals surface area contributed by atoms with Crippen LogP contribution in [0, 0.1) is 0 Å². The van der Waals surface area contributed by atoms with Crippen molar-refractivity contribution in [1.29, 1.82) is 0 Å². The van der Waals surface area contributed by atoms with Gasteiger partial charge in [-0.2, -0.15) is 0 Å². The fourth-order valence-electron chi connectivity index (χ4n) is 5.01. The summed E-state index contributed by atoms with van der Waals surface area (Å²) in [6.07, 6.45) is 2.47. The minimum absolute atomic E-state index is 0.166. The summed E-state index contributed by atoms with van der Waals surface area (Å²) in [5.41, 5.74) is 5.81. The van der Waals surface area contributed by atoms with E-state index >= 15 is 0 Å². The van der Waals surface area contributed by atoms with Crippen LogP contribution in [0.25, 0.3) is 0 Å². The van der Waals surface area contributed by atoms with Crippen LogP contribution < -0.4 is 19.5 Å². The highest BCUT2D eigenvalue weighted by molar-refractivity contribution is 5.94. The second-order valence-corrected chi connectivity index (χ2v) is 10.2. The van der Waals surface area contributed by atoms with Crippen molar-refractivity contribution < 1.29 is 23.7 Å². The van der Waals surface area contributed by atoms with E-state index in [2.05, 4.69) is 45.5 Å². The maximum absolute atomic E-state index is 13.2. The van der Waals surface area contributed by atoms with Gasteiger partial charge in [-0.05, 0) is 64.7 Å². The summed E-state index contributed by atoms with van der Waals surface area (Å²) in [5, 5.41) is 3.02. The molecule has 3 aromatic carbocycles. The van der Waals surface area contributed by atoms with Crippen LogP contribution in [-0.2, 0) is 30.8 Å². The van der Waals surface area contributed by atoms with Gasteiger partial charge in [0.1, 0.15) is 23.9 Å². The van der Waals surface area contributed by atoms with E-state index in [9.17, 15) is 4.79 Å². The van der Waals surface area contributed by atoms with Gasteiger partial charge in [-0.1, -0.05) is 30.3 Å². The number of hydrogen-bond donors (Lipinski definition) is 1. The van der Waals surface area contributed by atoms with E-state index in [0.717, 1.165) is 47.8 Å². The first-order chi connectivity index (χ1) is 20.6. The Morgan fingerprint density at radius 2 is 1.74 bits per heavy atom. The molecule has 0 unspecified atom stereocenters. The highest BCUT2D eigenvalue weighted by atomic mass is 16.5. The van der Waals surface area contributed by atoms with Crippen molar-refractivity contribution in [2.24, 2.45) is 0 Å². The Kier molecular flexibility index (Phi) is 10.0. The molecule has 218 valence electrons. The van der Waals surface area contributed by atoms with Crippen molar-refractivity contribution in [2.45, 2.75) is 26.1 Å². The van der Waals surface area contributed by atoms with Crippen molar-refractivity contribution in [3.05, 3.63) is 119 Å². The van der Waals surface area contributed by atoms with E-state index in [1.807, 2.05) is 42.6 Å². The molecule has 1 aliphatic rings. The molecule has 0 atom stereocenters. The van der Waals surface area contributed by atoms with E-state index < -0.39 is 0 Å². The van der Waals surface area contributed by atoms with Gasteiger partial charge in [-0.3, -0.25) is 14.7 Å². The quantitative estimate of drug-likeness (QED) is 0.335. The number of carbonyl (C=O) groups is 1. The van der Waals surface area contributed by atoms with Crippen molar-refractivity contribution >= 4 is 5.91 Å². The number of fused-ring (bicyclic) bond motifs is 3. The molecule has 0 radical (unpaired) electrons. The SMILES string of the molecule is COc1cc(CNC(=O)c2ccc3c(c2)Cc2cccc(c2)CN(Cc2ccccn2)CCOCCO3)cc(OC)c1. The average Bonchev–Trinajstić information content (AvgIpc) is 3.02. The van der Waals surface area contributed by atoms with Gasteiger partial charge in [0.25, 0.3) is 5.91 Å². The van der Waals surface area contributed by atoms with Crippen LogP contribution in [-0.4, -0.2) is 56.4 Å². The van der Waals surface area contributed by atoms with Gasteiger partial charge < -0.3 is 24.3 Å². The summed E-state index contributed by atoms with van der Waals surface area (Å²) in [7, 11) is 3.21. The van der Waals surface area contributed by atoms with Gasteiger partial charge in [-0.15, -0.1) is 0 Å². The molecule has 0 fully saturated rings. The van der Waals surface area contributed by atoms with E-state index in [1.54, 1.807) is 26.4 Å². The van der Waals surface area contributed by atoms with Gasteiger partial charge in [0.15, 0.2) is 0 Å². The Morgan fingerprint density at radius 3 is 2.52 bits per heavy atom. The number of hydrogen-bond acceptors (Lipinski definition) is 7. The fraction of sp³-hybridized carbons (Fsp3) is 0.294. The molecule has 8 heteroatoms. The maximum Gasteiger partial charge on any atom is 0.251 e. The molecule has 5 rings (SSSR count). The molecular formula is C34H37N3O5. The third kappa shape index (κ3) is 8.09. The minimum Gasteiger partial charge on any atom is -0.497 e. The van der Waals surface area contributed by atoms with E-state index in [-0.39, 0.29) is 5.91 Å². The summed E-state index contributed by atoms with van der Waals surface area (Å²) < 4.78 is 22.8. The van der Waals surface area contributed by atoms with Crippen LogP contribution in [0.5, 0.6) is 17.2 Å². The van der Waals surface area contributed by atoms with E-state index in [0.29, 0.717) is 49.8 Å². The molecule has 1 amide bonds. The topological polar surface area (TPSA) is 82.2 Å². The first kappa shape index (κ1) is 29.1. The Bertz CT molecular complexity index is 1460. The molecule has 2 heterocycles. The lowest BCUT2D eigenvalue weighted by molar-refractivity contribution is 0.0754. The van der Waals surface area contributed by atoms with Gasteiger partial charge >= 0.3 is 0 Å². The lowest BCUT2D eigenvalue weighted by Crippen LogP contribution is -2.28. The number of methoxy groups -OCH3 is 2. The van der Waals surface area contributed by atoms with Crippen molar-refractivity contribution in [3.8, 4) is 17.2 Å². The van der Waals surface area contributed by atoms with E-state index in [4.69, 9.17) is 18.9 Å². The Balaban J connectivity index is 1.33. The van der Waals surface area contributed by atoms with Crippen LogP contribution in [0.3, 0.4) is 0 Å². The van der Waals surface area contributed by atoms with Crippen LogP contribution in [0.1, 0.15) is 38.3 Å². The lowest BCUT2D eigenvalue weighted by Gasteiger charge is -2.23. The predicted molar refractivity (Wildman–Crippen MR) is 161 cm³/mol. The van der Waals surface area contributed by atoms with Crippen LogP contribution >= 0.6 is 0 Å². The van der Waals surface area contributed by atoms with Crippen LogP contribution in [0.15, 0.2) is 85.1 Å². The molecular weight excluding hydrogens is 530 g/mol. The van der Waals surface area contributed by atoms with Crippen LogP contribution in [0.2, 0.25) is 0 Å². The summed E-state index contributed by atoms with van der Waals surface area (Å²) in [4.78, 5) is 20.0. The number of rotatable bonds is 7. The van der Waals surface area contributed by atoms with Crippen molar-refractivity contribution in [3.63, 3.8) is 0 Å². The number of nitrogens with zero attached hydrogens (tertiary/aromatic N) is 2. The summed E-state index contributed by atoms with van der Waals surface area (Å²) >= 11 is 0. The third-order valence-corrected chi connectivity index (χ3v) is 7.13. The number of ether oxygens (including phenoxy) is 4. The van der Waals surface area contributed by atoms with Gasteiger partial charge in [0.05, 0.1) is 33.1 Å². The molecule has 1 aliphatic heterocycles. The maximum atomic E-state index is 13.2. The number of pyridine rings is 1. The summed E-state index contributed by atoms with van der Waals surface area (Å²) in [5.74, 6) is 1.94. The first-order valence-corrected chi connectivity index (χ1v) is 14.1. The zero-order valence-electron chi connectivity index (χ0n) is 24.2. The number of nitrogens with one attached hydrogen (secondary N) is 1. The van der Waals surface area contributed by atoms with E-state index in [1.165, 1.54) is 5.56 Å². The predicted octanol–water partition coefficient (Wildman–Crippen LogP) is 5.03. The second kappa shape index (κ2) is 14.5. The highest BCUT2D eigenvalue weighted by Gasteiger charge is 2.14. The number of carbonyl (C=O) groups excluding carboxylic acids is 1. The Hall–Kier alpha value is -4.40. The van der Waals surface area contributed by atoms with Gasteiger partial charge in [-0.25, -0.2) is 0 Å². The molecule has 0 saturated heterocycles. The van der Waals surface area contributed by atoms with Gasteiger partial charge in [0.2, 0.25) is 0 Å². The largest absolute Gasteiger partial charge is 0.497 e. The molecule has 2 bridgehead atoms. The molecule has 0 saturated carbocycles. The second-order valence-electron chi connectivity index (χ2n) is 10.2. The smallest absolute Gasteiger partial charge is 0.251 e. The number of amides is 1. The van der Waals surface area contributed by atoms with Crippen molar-refractivity contribution in [1.82, 2.24) is 15.2 Å². The first-order valence-electron chi connectivity index (χ1n) is 14.1. The van der Waals surface area contributed by atoms with Crippen LogP contribution in [0.4, 0.5) is 0 Å². The molecule has 0 spiro atoms. The summed E-state index contributed by atoms with van der Waals surface area (Å²) in [6.45, 7) is 4.17. The monoisotopic (exact) mass is 567 g/mol. The zero-order chi connectivity index (χ0) is 29.1. The average molecular weight is 568 g/mol. The molecule has 1 aromatic heterocycles. The fourth-order valence-corrected chi connectivity index (χ4v) is 5.01. The Labute approximate surface area is 247 Å². The molecule has 0 aliphatic carbocycles. The Morgan fingerprint density at radius 1 is 0.905 bits per heavy atom. The molecule has 4 aromatic rings. The molecule has 42 heavy (non-hydrogen) atoms. The highest BCUT2D eigenvalue weighted by Crippen LogP contribution is 2.26. The summed E-state index contributed by atoms with van der Waals surface area (Å²) in [6, 6.07) is 25.8. The standard InChI is InChI=1S/C34H37N3O5/c1-39-31-18-27(19-32(21-31)40-2)22-36-34(38)28-9-10-33-29(20-28)17-25-6-5-7-26(16-25)23-37(12-13-41-14-15-42-33)24-30-8-3-4-11-35-30/h3-11,16,18-21H,12-15,17,22-24H2,1-2H3,(H,36,38). The zero-order valence-corrected chi connectivity index (χ0v) is 24.2.